The summed E-state index contributed by atoms with van der Waals surface area (Å²) in [5, 5.41) is 10.9. The zero-order valence-electron chi connectivity index (χ0n) is 14.0. The van der Waals surface area contributed by atoms with Gasteiger partial charge in [-0.25, -0.2) is 0 Å². The van der Waals surface area contributed by atoms with Crippen molar-refractivity contribution in [3.8, 4) is 5.75 Å². The molecule has 0 radical (unpaired) electrons. The number of aliphatic imine (C=N–C) groups is 1. The minimum absolute atomic E-state index is 0.660. The summed E-state index contributed by atoms with van der Waals surface area (Å²) in [6, 6.07) is 8.03. The van der Waals surface area contributed by atoms with Crippen LogP contribution < -0.4 is 15.4 Å². The average Bonchev–Trinajstić information content (AvgIpc) is 2.97. The lowest BCUT2D eigenvalue weighted by molar-refractivity contribution is 0.336. The maximum Gasteiger partial charge on any atom is 0.191 e. The normalized spacial score (nSPS) is 11.3. The zero-order chi connectivity index (χ0) is 16.5. The van der Waals surface area contributed by atoms with E-state index in [2.05, 4.69) is 26.8 Å². The number of aryl methyl sites for hydroxylation is 1. The maximum absolute atomic E-state index is 5.63. The Hall–Kier alpha value is -2.50. The second-order valence-electron chi connectivity index (χ2n) is 5.17. The highest BCUT2D eigenvalue weighted by molar-refractivity contribution is 5.79. The molecule has 124 valence electrons. The van der Waals surface area contributed by atoms with Crippen molar-refractivity contribution in [3.63, 3.8) is 0 Å². The summed E-state index contributed by atoms with van der Waals surface area (Å²) >= 11 is 0. The quantitative estimate of drug-likeness (QED) is 0.605. The Labute approximate surface area is 137 Å². The van der Waals surface area contributed by atoms with E-state index in [1.807, 2.05) is 49.1 Å². The number of aromatic nitrogens is 2. The fourth-order valence-corrected chi connectivity index (χ4v) is 2.22. The van der Waals surface area contributed by atoms with Crippen LogP contribution in [0.4, 0.5) is 0 Å². The van der Waals surface area contributed by atoms with Crippen molar-refractivity contribution in [1.29, 1.82) is 0 Å². The van der Waals surface area contributed by atoms with Gasteiger partial charge in [0.05, 0.1) is 19.3 Å². The Morgan fingerprint density at radius 3 is 2.83 bits per heavy atom. The number of nitrogens with one attached hydrogen (secondary N) is 2. The standard InChI is InChI=1S/C17H25N5O/c1-4-23-16-8-6-5-7-15(16)12-20-17(18-3)19-9-10-22-13-14(2)11-21-22/h5-8,11,13H,4,9-10,12H2,1-3H3,(H2,18,19,20). The summed E-state index contributed by atoms with van der Waals surface area (Å²) in [5.41, 5.74) is 2.28. The lowest BCUT2D eigenvalue weighted by Crippen LogP contribution is -2.38. The third-order valence-corrected chi connectivity index (χ3v) is 3.34. The molecule has 2 N–H and O–H groups in total. The molecular weight excluding hydrogens is 290 g/mol. The second kappa shape index (κ2) is 8.82. The van der Waals surface area contributed by atoms with Gasteiger partial charge in [-0.05, 0) is 25.5 Å². The number of benzene rings is 1. The van der Waals surface area contributed by atoms with Gasteiger partial charge < -0.3 is 15.4 Å². The van der Waals surface area contributed by atoms with Crippen molar-refractivity contribution in [1.82, 2.24) is 20.4 Å². The molecule has 0 fully saturated rings. The highest BCUT2D eigenvalue weighted by atomic mass is 16.5. The average molecular weight is 315 g/mol. The van der Waals surface area contributed by atoms with Gasteiger partial charge >= 0.3 is 0 Å². The number of guanidine groups is 1. The van der Waals surface area contributed by atoms with Crippen molar-refractivity contribution in [2.45, 2.75) is 26.9 Å². The first-order valence-electron chi connectivity index (χ1n) is 7.87. The van der Waals surface area contributed by atoms with Crippen LogP contribution in [0.25, 0.3) is 0 Å². The molecule has 0 saturated carbocycles. The van der Waals surface area contributed by atoms with Gasteiger partial charge in [0.2, 0.25) is 0 Å². The third kappa shape index (κ3) is 5.32. The molecular formula is C17H25N5O. The maximum atomic E-state index is 5.63. The SMILES string of the molecule is CCOc1ccccc1CNC(=NC)NCCn1cc(C)cn1. The highest BCUT2D eigenvalue weighted by Gasteiger charge is 2.04. The van der Waals surface area contributed by atoms with Gasteiger partial charge in [-0.3, -0.25) is 9.67 Å². The molecule has 1 aromatic heterocycles. The molecule has 0 amide bonds. The molecule has 0 unspecified atom stereocenters. The number of nitrogens with zero attached hydrogens (tertiary/aromatic N) is 3. The van der Waals surface area contributed by atoms with Crippen LogP contribution in [0.2, 0.25) is 0 Å². The number of rotatable bonds is 7. The first-order valence-corrected chi connectivity index (χ1v) is 7.87. The smallest absolute Gasteiger partial charge is 0.191 e. The topological polar surface area (TPSA) is 63.5 Å². The van der Waals surface area contributed by atoms with Crippen LogP contribution in [-0.2, 0) is 13.1 Å². The summed E-state index contributed by atoms with van der Waals surface area (Å²) in [7, 11) is 1.77. The Morgan fingerprint density at radius 2 is 2.13 bits per heavy atom. The predicted molar refractivity (Wildman–Crippen MR) is 92.8 cm³/mol. The highest BCUT2D eigenvalue weighted by Crippen LogP contribution is 2.17. The van der Waals surface area contributed by atoms with E-state index in [9.17, 15) is 0 Å². The van der Waals surface area contributed by atoms with Gasteiger partial charge in [0.1, 0.15) is 5.75 Å². The van der Waals surface area contributed by atoms with Crippen LogP contribution in [0, 0.1) is 6.92 Å². The van der Waals surface area contributed by atoms with Crippen molar-refractivity contribution < 1.29 is 4.74 Å². The van der Waals surface area contributed by atoms with Gasteiger partial charge in [-0.15, -0.1) is 0 Å². The third-order valence-electron chi connectivity index (χ3n) is 3.34. The van der Waals surface area contributed by atoms with Crippen LogP contribution >= 0.6 is 0 Å². The van der Waals surface area contributed by atoms with Gasteiger partial charge in [0.15, 0.2) is 5.96 Å². The Bertz CT molecular complexity index is 635. The molecule has 6 nitrogen and oxygen atoms in total. The van der Waals surface area contributed by atoms with Crippen LogP contribution in [-0.4, -0.2) is 35.9 Å². The summed E-state index contributed by atoms with van der Waals surface area (Å²) < 4.78 is 7.55. The van der Waals surface area contributed by atoms with Crippen LogP contribution in [0.3, 0.4) is 0 Å². The van der Waals surface area contributed by atoms with Crippen LogP contribution in [0.15, 0.2) is 41.7 Å². The van der Waals surface area contributed by atoms with E-state index in [4.69, 9.17) is 4.74 Å². The summed E-state index contributed by atoms with van der Waals surface area (Å²) in [4.78, 5) is 4.24. The van der Waals surface area contributed by atoms with Crippen molar-refractivity contribution >= 4 is 5.96 Å². The fraction of sp³-hybridized carbons (Fsp3) is 0.412. The fourth-order valence-electron chi connectivity index (χ4n) is 2.22. The molecule has 0 atom stereocenters. The Kier molecular flexibility index (Phi) is 6.47. The van der Waals surface area contributed by atoms with E-state index in [1.165, 1.54) is 5.56 Å². The molecule has 1 heterocycles. The molecule has 2 aromatic rings. The van der Waals surface area contributed by atoms with E-state index in [0.717, 1.165) is 30.4 Å². The van der Waals surface area contributed by atoms with E-state index < -0.39 is 0 Å². The lowest BCUT2D eigenvalue weighted by Gasteiger charge is -2.14. The molecule has 6 heteroatoms. The minimum Gasteiger partial charge on any atom is -0.494 e. The Morgan fingerprint density at radius 1 is 1.30 bits per heavy atom. The molecule has 0 saturated heterocycles. The molecule has 0 spiro atoms. The zero-order valence-corrected chi connectivity index (χ0v) is 14.0. The van der Waals surface area contributed by atoms with E-state index in [1.54, 1.807) is 7.05 Å². The number of hydrogen-bond donors (Lipinski definition) is 2. The summed E-state index contributed by atoms with van der Waals surface area (Å²) in [5.74, 6) is 1.67. The number of ether oxygens (including phenoxy) is 1. The second-order valence-corrected chi connectivity index (χ2v) is 5.17. The molecule has 0 aliphatic heterocycles. The summed E-state index contributed by atoms with van der Waals surface area (Å²) in [6.45, 7) is 6.90. The lowest BCUT2D eigenvalue weighted by atomic mass is 10.2. The van der Waals surface area contributed by atoms with Crippen LogP contribution in [0.5, 0.6) is 5.75 Å². The molecule has 1 aromatic carbocycles. The van der Waals surface area contributed by atoms with Gasteiger partial charge in [-0.2, -0.15) is 5.10 Å². The largest absolute Gasteiger partial charge is 0.494 e. The number of para-hydroxylation sites is 1. The first kappa shape index (κ1) is 16.9. The molecule has 0 aliphatic carbocycles. The summed E-state index contributed by atoms with van der Waals surface area (Å²) in [6.07, 6.45) is 3.88. The molecule has 0 bridgehead atoms. The molecule has 2 rings (SSSR count). The van der Waals surface area contributed by atoms with E-state index in [0.29, 0.717) is 13.2 Å². The molecule has 23 heavy (non-hydrogen) atoms. The predicted octanol–water partition coefficient (Wildman–Crippen LogP) is 1.96. The van der Waals surface area contributed by atoms with E-state index in [-0.39, 0.29) is 0 Å². The number of hydrogen-bond acceptors (Lipinski definition) is 3. The van der Waals surface area contributed by atoms with Crippen molar-refractivity contribution in [3.05, 3.63) is 47.8 Å². The van der Waals surface area contributed by atoms with Gasteiger partial charge in [0, 0.05) is 31.9 Å². The van der Waals surface area contributed by atoms with E-state index >= 15 is 0 Å². The first-order chi connectivity index (χ1) is 11.2. The monoisotopic (exact) mass is 315 g/mol. The minimum atomic E-state index is 0.660. The Balaban J connectivity index is 1.81. The van der Waals surface area contributed by atoms with Crippen molar-refractivity contribution in [2.75, 3.05) is 20.2 Å². The van der Waals surface area contributed by atoms with Gasteiger partial charge in [-0.1, -0.05) is 18.2 Å². The van der Waals surface area contributed by atoms with Crippen LogP contribution in [0.1, 0.15) is 18.1 Å². The van der Waals surface area contributed by atoms with Gasteiger partial charge in [0.25, 0.3) is 0 Å². The van der Waals surface area contributed by atoms with Crippen molar-refractivity contribution in [2.24, 2.45) is 4.99 Å². The molecule has 0 aliphatic rings.